The molecule has 1 heterocycles. The average Bonchev–Trinajstić information content (AvgIpc) is 2.62. The zero-order valence-corrected chi connectivity index (χ0v) is 8.60. The minimum absolute atomic E-state index is 0.319. The highest BCUT2D eigenvalue weighted by atomic mass is 32.1. The molecule has 1 aliphatic carbocycles. The lowest BCUT2D eigenvalue weighted by Crippen LogP contribution is -2.42. The molecule has 0 aromatic carbocycles. The number of methoxy groups -OCH3 is 1. The molecule has 4 heteroatoms. The zero-order valence-electron chi connectivity index (χ0n) is 7.78. The normalized spacial score (nSPS) is 32.7. The topological polar surface area (TPSA) is 42.4 Å². The highest BCUT2D eigenvalue weighted by Crippen LogP contribution is 2.46. The van der Waals surface area contributed by atoms with Gasteiger partial charge in [0.05, 0.1) is 12.8 Å². The summed E-state index contributed by atoms with van der Waals surface area (Å²) >= 11 is 1.43. The lowest BCUT2D eigenvalue weighted by Gasteiger charge is -2.42. The van der Waals surface area contributed by atoms with E-state index in [1.807, 2.05) is 5.38 Å². The Morgan fingerprint density at radius 3 is 2.92 bits per heavy atom. The van der Waals surface area contributed by atoms with Crippen LogP contribution in [-0.2, 0) is 5.60 Å². The maximum Gasteiger partial charge on any atom is 0.273 e. The van der Waals surface area contributed by atoms with Gasteiger partial charge in [0, 0.05) is 5.38 Å². The number of rotatable bonds is 2. The largest absolute Gasteiger partial charge is 0.473 e. The minimum Gasteiger partial charge on any atom is -0.473 e. The first-order chi connectivity index (χ1) is 6.16. The van der Waals surface area contributed by atoms with Crippen LogP contribution in [0.25, 0.3) is 0 Å². The molecule has 72 valence electrons. The van der Waals surface area contributed by atoms with Crippen LogP contribution < -0.4 is 4.74 Å². The number of aliphatic hydroxyl groups is 1. The number of hydrogen-bond acceptors (Lipinski definition) is 4. The monoisotopic (exact) mass is 199 g/mol. The standard InChI is InChI=1S/C9H13NO2S/c1-6-3-4-9(6,11)7-5-13-8(10-7)12-2/h5-6,11H,3-4H2,1-2H3. The van der Waals surface area contributed by atoms with Gasteiger partial charge in [0.2, 0.25) is 0 Å². The van der Waals surface area contributed by atoms with Gasteiger partial charge in [-0.1, -0.05) is 18.3 Å². The molecule has 1 aliphatic rings. The maximum atomic E-state index is 10.1. The molecule has 1 aromatic heterocycles. The van der Waals surface area contributed by atoms with Gasteiger partial charge < -0.3 is 9.84 Å². The molecule has 2 unspecified atom stereocenters. The number of aromatic nitrogens is 1. The highest BCUT2D eigenvalue weighted by Gasteiger charge is 2.45. The Hall–Kier alpha value is -0.610. The van der Waals surface area contributed by atoms with Crippen molar-refractivity contribution in [3.63, 3.8) is 0 Å². The Balaban J connectivity index is 2.24. The van der Waals surface area contributed by atoms with E-state index in [-0.39, 0.29) is 0 Å². The van der Waals surface area contributed by atoms with Gasteiger partial charge in [-0.25, -0.2) is 4.98 Å². The fraction of sp³-hybridized carbons (Fsp3) is 0.667. The van der Waals surface area contributed by atoms with Crippen molar-refractivity contribution in [2.75, 3.05) is 7.11 Å². The van der Waals surface area contributed by atoms with E-state index in [4.69, 9.17) is 4.74 Å². The van der Waals surface area contributed by atoms with Crippen LogP contribution in [0.3, 0.4) is 0 Å². The third kappa shape index (κ3) is 1.25. The SMILES string of the molecule is COc1nc(C2(O)CCC2C)cs1. The summed E-state index contributed by atoms with van der Waals surface area (Å²) < 4.78 is 4.99. The van der Waals surface area contributed by atoms with Crippen molar-refractivity contribution in [2.24, 2.45) is 5.92 Å². The summed E-state index contributed by atoms with van der Waals surface area (Å²) in [5.41, 5.74) is 0.0842. The molecule has 1 fully saturated rings. The molecule has 0 spiro atoms. The van der Waals surface area contributed by atoms with Crippen molar-refractivity contribution in [1.82, 2.24) is 4.98 Å². The van der Waals surface area contributed by atoms with Gasteiger partial charge in [-0.05, 0) is 18.8 Å². The van der Waals surface area contributed by atoms with E-state index in [0.29, 0.717) is 11.1 Å². The van der Waals surface area contributed by atoms with Crippen molar-refractivity contribution < 1.29 is 9.84 Å². The van der Waals surface area contributed by atoms with E-state index in [2.05, 4.69) is 11.9 Å². The molecule has 13 heavy (non-hydrogen) atoms. The molecular weight excluding hydrogens is 186 g/mol. The first kappa shape index (κ1) is 8.97. The van der Waals surface area contributed by atoms with Gasteiger partial charge >= 0.3 is 0 Å². The van der Waals surface area contributed by atoms with Gasteiger partial charge in [0.1, 0.15) is 5.60 Å². The van der Waals surface area contributed by atoms with Crippen LogP contribution in [0.4, 0.5) is 0 Å². The van der Waals surface area contributed by atoms with E-state index in [0.717, 1.165) is 18.5 Å². The van der Waals surface area contributed by atoms with Gasteiger partial charge in [-0.15, -0.1) is 0 Å². The van der Waals surface area contributed by atoms with E-state index >= 15 is 0 Å². The predicted octanol–water partition coefficient (Wildman–Crippen LogP) is 1.77. The van der Waals surface area contributed by atoms with Crippen LogP contribution in [0.5, 0.6) is 5.19 Å². The summed E-state index contributed by atoms with van der Waals surface area (Å²) in [5.74, 6) is 0.319. The lowest BCUT2D eigenvalue weighted by molar-refractivity contribution is -0.0961. The van der Waals surface area contributed by atoms with Crippen LogP contribution >= 0.6 is 11.3 Å². The summed E-state index contributed by atoms with van der Waals surface area (Å²) in [6.45, 7) is 2.05. The Labute approximate surface area is 81.4 Å². The summed E-state index contributed by atoms with van der Waals surface area (Å²) in [5, 5.41) is 12.7. The predicted molar refractivity (Wildman–Crippen MR) is 51.0 cm³/mol. The molecule has 3 nitrogen and oxygen atoms in total. The van der Waals surface area contributed by atoms with E-state index in [1.54, 1.807) is 7.11 Å². The van der Waals surface area contributed by atoms with Crippen molar-refractivity contribution in [3.8, 4) is 5.19 Å². The summed E-state index contributed by atoms with van der Waals surface area (Å²) in [6, 6.07) is 0. The second kappa shape index (κ2) is 2.96. The minimum atomic E-state index is -0.687. The smallest absolute Gasteiger partial charge is 0.273 e. The van der Waals surface area contributed by atoms with Gasteiger partial charge in [-0.2, -0.15) is 0 Å². The van der Waals surface area contributed by atoms with E-state index < -0.39 is 5.60 Å². The summed E-state index contributed by atoms with van der Waals surface area (Å²) in [6.07, 6.45) is 1.90. The first-order valence-corrected chi connectivity index (χ1v) is 5.27. The molecule has 1 saturated carbocycles. The molecule has 0 aliphatic heterocycles. The van der Waals surface area contributed by atoms with Gasteiger partial charge in [0.15, 0.2) is 0 Å². The molecule has 0 radical (unpaired) electrons. The van der Waals surface area contributed by atoms with Crippen molar-refractivity contribution >= 4 is 11.3 Å². The quantitative estimate of drug-likeness (QED) is 0.789. The molecule has 0 bridgehead atoms. The highest BCUT2D eigenvalue weighted by molar-refractivity contribution is 7.11. The fourth-order valence-corrected chi connectivity index (χ4v) is 2.35. The third-order valence-corrected chi connectivity index (χ3v) is 3.68. The van der Waals surface area contributed by atoms with Crippen LogP contribution in [0.15, 0.2) is 5.38 Å². The van der Waals surface area contributed by atoms with E-state index in [9.17, 15) is 5.11 Å². The number of ether oxygens (including phenoxy) is 1. The molecule has 1 aromatic rings. The summed E-state index contributed by atoms with van der Waals surface area (Å²) in [7, 11) is 1.59. The van der Waals surface area contributed by atoms with Gasteiger partial charge in [-0.3, -0.25) is 0 Å². The molecule has 0 amide bonds. The fourth-order valence-electron chi connectivity index (χ4n) is 1.64. The van der Waals surface area contributed by atoms with Crippen LogP contribution in [0.2, 0.25) is 0 Å². The van der Waals surface area contributed by atoms with Crippen LogP contribution in [0, 0.1) is 5.92 Å². The molecule has 2 rings (SSSR count). The molecular formula is C9H13NO2S. The van der Waals surface area contributed by atoms with Crippen molar-refractivity contribution in [1.29, 1.82) is 0 Å². The number of thiazole rings is 1. The van der Waals surface area contributed by atoms with Crippen molar-refractivity contribution in [2.45, 2.75) is 25.4 Å². The van der Waals surface area contributed by atoms with Crippen molar-refractivity contribution in [3.05, 3.63) is 11.1 Å². The Morgan fingerprint density at radius 2 is 2.54 bits per heavy atom. The Bertz CT molecular complexity index is 312. The average molecular weight is 199 g/mol. The Kier molecular flexibility index (Phi) is 2.04. The molecule has 0 saturated heterocycles. The number of hydrogen-bond donors (Lipinski definition) is 1. The molecule has 2 atom stereocenters. The molecule has 1 N–H and O–H groups in total. The van der Waals surface area contributed by atoms with Gasteiger partial charge in [0.25, 0.3) is 5.19 Å². The summed E-state index contributed by atoms with van der Waals surface area (Å²) in [4.78, 5) is 4.22. The first-order valence-electron chi connectivity index (χ1n) is 4.39. The lowest BCUT2D eigenvalue weighted by atomic mass is 9.69. The van der Waals surface area contributed by atoms with E-state index in [1.165, 1.54) is 11.3 Å². The maximum absolute atomic E-state index is 10.1. The van der Waals surface area contributed by atoms with Crippen LogP contribution in [-0.4, -0.2) is 17.2 Å². The van der Waals surface area contributed by atoms with Crippen LogP contribution in [0.1, 0.15) is 25.5 Å². The Morgan fingerprint density at radius 1 is 1.77 bits per heavy atom. The second-order valence-electron chi connectivity index (χ2n) is 3.57. The zero-order chi connectivity index (χ0) is 9.47. The second-order valence-corrected chi connectivity index (χ2v) is 4.39. The number of nitrogens with zero attached hydrogens (tertiary/aromatic N) is 1. The third-order valence-electron chi connectivity index (χ3n) is 2.88.